The monoisotopic (exact) mass is 392 g/mol. The van der Waals surface area contributed by atoms with Gasteiger partial charge in [0.2, 0.25) is 12.7 Å². The summed E-state index contributed by atoms with van der Waals surface area (Å²) >= 11 is 1.77. The van der Waals surface area contributed by atoms with Crippen molar-refractivity contribution in [2.45, 2.75) is 69.7 Å². The summed E-state index contributed by atoms with van der Waals surface area (Å²) in [5.41, 5.74) is 1.13. The minimum Gasteiger partial charge on any atom is -0.454 e. The van der Waals surface area contributed by atoms with E-state index < -0.39 is 0 Å². The maximum atomic E-state index is 12.4. The molecule has 2 aliphatic heterocycles. The summed E-state index contributed by atoms with van der Waals surface area (Å²) in [6, 6.07) is 5.86. The van der Waals surface area contributed by atoms with E-state index in [-0.39, 0.29) is 24.1 Å². The van der Waals surface area contributed by atoms with Crippen molar-refractivity contribution in [3.8, 4) is 11.5 Å². The Labute approximate surface area is 167 Å². The number of amides is 1. The highest BCUT2D eigenvalue weighted by molar-refractivity contribution is 7.99. The molecule has 0 aliphatic carbocycles. The van der Waals surface area contributed by atoms with Crippen LogP contribution in [0.2, 0.25) is 0 Å². The van der Waals surface area contributed by atoms with Crippen LogP contribution in [0.25, 0.3) is 0 Å². The molecule has 1 aromatic rings. The first-order valence-electron chi connectivity index (χ1n) is 10.3. The van der Waals surface area contributed by atoms with Crippen molar-refractivity contribution in [2.24, 2.45) is 0 Å². The highest BCUT2D eigenvalue weighted by Crippen LogP contribution is 2.39. The van der Waals surface area contributed by atoms with Crippen LogP contribution in [0.4, 0.5) is 0 Å². The van der Waals surface area contributed by atoms with Gasteiger partial charge in [-0.3, -0.25) is 10.1 Å². The first-order valence-corrected chi connectivity index (χ1v) is 11.4. The minimum absolute atomic E-state index is 0.119. The lowest BCUT2D eigenvalue weighted by Gasteiger charge is -2.14. The van der Waals surface area contributed by atoms with Gasteiger partial charge in [-0.25, -0.2) is 0 Å². The van der Waals surface area contributed by atoms with Crippen molar-refractivity contribution in [1.29, 1.82) is 0 Å². The van der Waals surface area contributed by atoms with E-state index >= 15 is 0 Å². The molecule has 1 fully saturated rings. The molecule has 1 amide bonds. The molecule has 1 aromatic carbocycles. The van der Waals surface area contributed by atoms with Crippen LogP contribution in [0.3, 0.4) is 0 Å². The second-order valence-electron chi connectivity index (χ2n) is 7.31. The molecule has 1 saturated heterocycles. The van der Waals surface area contributed by atoms with Gasteiger partial charge in [-0.2, -0.15) is 0 Å². The maximum Gasteiger partial charge on any atom is 0.238 e. The predicted octanol–water partition coefficient (Wildman–Crippen LogP) is 4.38. The third kappa shape index (κ3) is 6.04. The molecular weight excluding hydrogens is 360 g/mol. The van der Waals surface area contributed by atoms with Crippen molar-refractivity contribution < 1.29 is 14.3 Å². The summed E-state index contributed by atoms with van der Waals surface area (Å²) in [7, 11) is 0. The van der Waals surface area contributed by atoms with E-state index in [0.29, 0.717) is 0 Å². The van der Waals surface area contributed by atoms with Gasteiger partial charge in [0, 0.05) is 12.3 Å². The van der Waals surface area contributed by atoms with Crippen LogP contribution < -0.4 is 20.1 Å². The number of ether oxygens (including phenoxy) is 2. The molecule has 0 radical (unpaired) electrons. The fourth-order valence-corrected chi connectivity index (χ4v) is 4.72. The van der Waals surface area contributed by atoms with E-state index in [0.717, 1.165) is 35.8 Å². The average Bonchev–Trinajstić information content (AvgIpc) is 3.35. The Morgan fingerprint density at radius 2 is 1.85 bits per heavy atom. The standard InChI is InChI=1S/C21H32N2O3S/c1-2-3-4-5-6-7-8-9-12-22-20(24)17-14-27-21(23-17)16-10-11-18-19(13-16)26-15-25-18/h10-11,13,17,21,23H,2-9,12,14-15H2,1H3,(H,22,24)/t17-,21?/m0/s1. The van der Waals surface area contributed by atoms with E-state index in [1.807, 2.05) is 18.2 Å². The Kier molecular flexibility index (Phi) is 8.14. The highest BCUT2D eigenvalue weighted by atomic mass is 32.2. The zero-order chi connectivity index (χ0) is 18.9. The van der Waals surface area contributed by atoms with Gasteiger partial charge in [-0.1, -0.05) is 57.9 Å². The third-order valence-electron chi connectivity index (χ3n) is 5.13. The number of hydrogen-bond donors (Lipinski definition) is 2. The smallest absolute Gasteiger partial charge is 0.238 e. The Hall–Kier alpha value is -1.40. The molecule has 0 saturated carbocycles. The topological polar surface area (TPSA) is 59.6 Å². The van der Waals surface area contributed by atoms with Crippen LogP contribution in [0.5, 0.6) is 11.5 Å². The Balaban J connectivity index is 1.30. The van der Waals surface area contributed by atoms with Crippen molar-refractivity contribution >= 4 is 17.7 Å². The number of nitrogens with one attached hydrogen (secondary N) is 2. The van der Waals surface area contributed by atoms with E-state index in [1.54, 1.807) is 11.8 Å². The Morgan fingerprint density at radius 3 is 2.67 bits per heavy atom. The van der Waals surface area contributed by atoms with Crippen molar-refractivity contribution in [1.82, 2.24) is 10.6 Å². The lowest BCUT2D eigenvalue weighted by atomic mass is 10.1. The summed E-state index contributed by atoms with van der Waals surface area (Å²) in [6.45, 7) is 3.32. The lowest BCUT2D eigenvalue weighted by Crippen LogP contribution is -2.42. The van der Waals surface area contributed by atoms with Crippen molar-refractivity contribution in [3.05, 3.63) is 23.8 Å². The number of benzene rings is 1. The first-order chi connectivity index (χ1) is 13.3. The van der Waals surface area contributed by atoms with Gasteiger partial charge in [0.15, 0.2) is 11.5 Å². The second kappa shape index (κ2) is 10.8. The molecule has 3 rings (SSSR count). The summed E-state index contributed by atoms with van der Waals surface area (Å²) in [4.78, 5) is 12.4. The maximum absolute atomic E-state index is 12.4. The summed E-state index contributed by atoms with van der Waals surface area (Å²) in [5.74, 6) is 2.50. The normalized spacial score (nSPS) is 20.8. The van der Waals surface area contributed by atoms with E-state index in [1.165, 1.54) is 44.9 Å². The van der Waals surface area contributed by atoms with Crippen LogP contribution >= 0.6 is 11.8 Å². The van der Waals surface area contributed by atoms with Gasteiger partial charge >= 0.3 is 0 Å². The predicted molar refractivity (Wildman–Crippen MR) is 110 cm³/mol. The first kappa shape index (κ1) is 20.3. The molecule has 0 aromatic heterocycles. The van der Waals surface area contributed by atoms with Gasteiger partial charge in [-0.05, 0) is 24.1 Å². The molecule has 1 unspecified atom stereocenters. The summed E-state index contributed by atoms with van der Waals surface area (Å²) < 4.78 is 10.8. The fraction of sp³-hybridized carbons (Fsp3) is 0.667. The van der Waals surface area contributed by atoms with Gasteiger partial charge in [0.25, 0.3) is 0 Å². The third-order valence-corrected chi connectivity index (χ3v) is 6.39. The molecule has 27 heavy (non-hydrogen) atoms. The lowest BCUT2D eigenvalue weighted by molar-refractivity contribution is -0.122. The van der Waals surface area contributed by atoms with E-state index in [2.05, 4.69) is 17.6 Å². The molecule has 0 spiro atoms. The number of rotatable bonds is 11. The van der Waals surface area contributed by atoms with Crippen LogP contribution in [0, 0.1) is 0 Å². The Morgan fingerprint density at radius 1 is 1.11 bits per heavy atom. The number of unbranched alkanes of at least 4 members (excludes halogenated alkanes) is 7. The van der Waals surface area contributed by atoms with Gasteiger partial charge in [-0.15, -0.1) is 11.8 Å². The number of hydrogen-bond acceptors (Lipinski definition) is 5. The molecule has 2 N–H and O–H groups in total. The molecular formula is C21H32N2O3S. The quantitative estimate of drug-likeness (QED) is 0.548. The Bertz CT molecular complexity index is 611. The SMILES string of the molecule is CCCCCCCCCCNC(=O)[C@@H]1CSC(c2ccc3c(c2)OCO3)N1. The van der Waals surface area contributed by atoms with E-state index in [4.69, 9.17) is 9.47 Å². The van der Waals surface area contributed by atoms with Gasteiger partial charge in [0.1, 0.15) is 0 Å². The number of fused-ring (bicyclic) bond motifs is 1. The van der Waals surface area contributed by atoms with Gasteiger partial charge in [0.05, 0.1) is 11.4 Å². The number of carbonyl (C=O) groups excluding carboxylic acids is 1. The second-order valence-corrected chi connectivity index (χ2v) is 8.45. The highest BCUT2D eigenvalue weighted by Gasteiger charge is 2.31. The molecule has 5 nitrogen and oxygen atoms in total. The number of thioether (sulfide) groups is 1. The minimum atomic E-state index is -0.125. The molecule has 6 heteroatoms. The molecule has 0 bridgehead atoms. The molecule has 150 valence electrons. The van der Waals surface area contributed by atoms with Crippen LogP contribution in [-0.2, 0) is 4.79 Å². The molecule has 2 aliphatic rings. The van der Waals surface area contributed by atoms with Crippen molar-refractivity contribution in [2.75, 3.05) is 19.1 Å². The summed E-state index contributed by atoms with van der Waals surface area (Å²) in [5, 5.41) is 6.65. The number of carbonyl (C=O) groups is 1. The van der Waals surface area contributed by atoms with Crippen molar-refractivity contribution in [3.63, 3.8) is 0 Å². The average molecular weight is 393 g/mol. The fourth-order valence-electron chi connectivity index (χ4n) is 3.49. The summed E-state index contributed by atoms with van der Waals surface area (Å²) in [6.07, 6.45) is 10.3. The van der Waals surface area contributed by atoms with Crippen LogP contribution in [-0.4, -0.2) is 31.0 Å². The largest absolute Gasteiger partial charge is 0.454 e. The molecule has 2 heterocycles. The molecule has 2 atom stereocenters. The zero-order valence-corrected chi connectivity index (χ0v) is 17.1. The van der Waals surface area contributed by atoms with Gasteiger partial charge < -0.3 is 14.8 Å². The van der Waals surface area contributed by atoms with Crippen LogP contribution in [0.1, 0.15) is 69.2 Å². The van der Waals surface area contributed by atoms with Crippen LogP contribution in [0.15, 0.2) is 18.2 Å². The van der Waals surface area contributed by atoms with E-state index in [9.17, 15) is 4.79 Å². The zero-order valence-electron chi connectivity index (χ0n) is 16.3.